The number of pyridine rings is 1. The number of carbonyl (C=O) groups excluding carboxylic acids is 2. The monoisotopic (exact) mass is 500 g/mol. The van der Waals surface area contributed by atoms with Gasteiger partial charge in [0.1, 0.15) is 5.76 Å². The molecule has 2 aromatic heterocycles. The van der Waals surface area contributed by atoms with Crippen LogP contribution in [0, 0.1) is 11.8 Å². The van der Waals surface area contributed by atoms with Gasteiger partial charge >= 0.3 is 0 Å². The van der Waals surface area contributed by atoms with E-state index in [9.17, 15) is 14.4 Å². The minimum Gasteiger partial charge on any atom is -0.469 e. The number of anilines is 2. The molecule has 4 atom stereocenters. The Morgan fingerprint density at radius 2 is 2.00 bits per heavy atom. The lowest BCUT2D eigenvalue weighted by molar-refractivity contribution is -0.126. The normalized spacial score (nSPS) is 23.4. The fraction of sp³-hybridized carbons (Fsp3) is 0.414. The molecule has 1 unspecified atom stereocenters. The van der Waals surface area contributed by atoms with E-state index in [-0.39, 0.29) is 35.3 Å². The molecule has 0 radical (unpaired) electrons. The number of rotatable bonds is 6. The summed E-state index contributed by atoms with van der Waals surface area (Å²) in [5, 5.41) is 6.07. The number of carbonyl (C=O) groups is 2. The van der Waals surface area contributed by atoms with Crippen LogP contribution >= 0.6 is 0 Å². The molecular weight excluding hydrogens is 468 g/mol. The summed E-state index contributed by atoms with van der Waals surface area (Å²) >= 11 is 0. The predicted octanol–water partition coefficient (Wildman–Crippen LogP) is 3.31. The van der Waals surface area contributed by atoms with E-state index in [0.29, 0.717) is 25.4 Å². The fourth-order valence-electron chi connectivity index (χ4n) is 6.66. The number of benzene rings is 1. The van der Waals surface area contributed by atoms with Gasteiger partial charge in [0.2, 0.25) is 11.8 Å². The molecule has 3 aliphatic heterocycles. The van der Waals surface area contributed by atoms with Gasteiger partial charge in [-0.25, -0.2) is 0 Å². The van der Waals surface area contributed by atoms with Crippen molar-refractivity contribution in [2.24, 2.45) is 11.8 Å². The highest BCUT2D eigenvalue weighted by Gasteiger charge is 2.49. The minimum absolute atomic E-state index is 0.0335. The maximum absolute atomic E-state index is 13.7. The fourth-order valence-corrected chi connectivity index (χ4v) is 6.66. The van der Waals surface area contributed by atoms with Crippen LogP contribution in [-0.4, -0.2) is 35.5 Å². The number of aromatic nitrogens is 1. The van der Waals surface area contributed by atoms with Gasteiger partial charge in [-0.3, -0.25) is 14.4 Å². The Morgan fingerprint density at radius 1 is 1.11 bits per heavy atom. The van der Waals surface area contributed by atoms with Crippen molar-refractivity contribution in [2.45, 2.75) is 51.1 Å². The highest BCUT2D eigenvalue weighted by molar-refractivity contribution is 5.89. The van der Waals surface area contributed by atoms with Crippen molar-refractivity contribution in [1.29, 1.82) is 0 Å². The molecule has 3 aromatic rings. The summed E-state index contributed by atoms with van der Waals surface area (Å²) in [5.74, 6) is 1.01. The molecule has 0 saturated carbocycles. The first-order chi connectivity index (χ1) is 18.0. The van der Waals surface area contributed by atoms with Crippen LogP contribution < -0.4 is 21.1 Å². The number of hydrogen-bond acceptors (Lipinski definition) is 5. The van der Waals surface area contributed by atoms with Crippen molar-refractivity contribution in [2.75, 3.05) is 23.3 Å². The van der Waals surface area contributed by atoms with E-state index in [2.05, 4.69) is 27.7 Å². The van der Waals surface area contributed by atoms with Gasteiger partial charge in [0.25, 0.3) is 5.56 Å². The molecule has 1 aromatic carbocycles. The van der Waals surface area contributed by atoms with Crippen LogP contribution in [0.1, 0.15) is 42.7 Å². The molecule has 37 heavy (non-hydrogen) atoms. The maximum atomic E-state index is 13.7. The van der Waals surface area contributed by atoms with Gasteiger partial charge in [0, 0.05) is 68.1 Å². The van der Waals surface area contributed by atoms with E-state index in [0.717, 1.165) is 54.2 Å². The van der Waals surface area contributed by atoms with Crippen molar-refractivity contribution in [3.8, 4) is 0 Å². The zero-order chi connectivity index (χ0) is 25.5. The summed E-state index contributed by atoms with van der Waals surface area (Å²) in [6.45, 7) is 3.58. The van der Waals surface area contributed by atoms with Crippen molar-refractivity contribution in [3.05, 3.63) is 82.2 Å². The van der Waals surface area contributed by atoms with E-state index in [1.165, 1.54) is 6.92 Å². The molecule has 1 fully saturated rings. The first-order valence-electron chi connectivity index (χ1n) is 13.1. The summed E-state index contributed by atoms with van der Waals surface area (Å²) in [6, 6.07) is 15.3. The van der Waals surface area contributed by atoms with Gasteiger partial charge in [-0.1, -0.05) is 6.07 Å². The number of furan rings is 1. The Hall–Kier alpha value is -3.81. The molecule has 8 nitrogen and oxygen atoms in total. The van der Waals surface area contributed by atoms with Crippen LogP contribution in [0.4, 0.5) is 11.4 Å². The molecule has 0 aliphatic carbocycles. The highest BCUT2D eigenvalue weighted by atomic mass is 16.3. The van der Waals surface area contributed by atoms with Gasteiger partial charge in [0.05, 0.1) is 12.2 Å². The first-order valence-corrected chi connectivity index (χ1v) is 13.1. The Kier molecular flexibility index (Phi) is 6.10. The topological polar surface area (TPSA) is 96.6 Å². The van der Waals surface area contributed by atoms with Crippen molar-refractivity contribution >= 4 is 23.2 Å². The molecule has 6 rings (SSSR count). The second kappa shape index (κ2) is 9.57. The van der Waals surface area contributed by atoms with E-state index in [4.69, 9.17) is 4.42 Å². The average molecular weight is 501 g/mol. The number of aryl methyl sites for hydroxylation is 1. The van der Waals surface area contributed by atoms with E-state index >= 15 is 0 Å². The standard InChI is InChI=1S/C29H32N4O4/c1-18(34)31-21-9-10-25-20(14-21)15-24(29(36)30-11-3-5-22-6-4-12-37-22)28-23-13-19(17-33(25)28)16-32-26(23)7-2-8-27(32)35/h2,4,6-10,12,14,19,23-24,28H,3,5,11,13,15-17H2,1H3,(H,30,36)(H,31,34)/t19-,23+,24?,28+/m0/s1. The third-order valence-electron chi connectivity index (χ3n) is 8.10. The van der Waals surface area contributed by atoms with Crippen LogP contribution in [0.3, 0.4) is 0 Å². The van der Waals surface area contributed by atoms with Gasteiger partial charge in [-0.15, -0.1) is 0 Å². The van der Waals surface area contributed by atoms with E-state index in [1.807, 2.05) is 34.9 Å². The molecule has 8 heteroatoms. The molecule has 3 aliphatic rings. The van der Waals surface area contributed by atoms with Gasteiger partial charge in [-0.2, -0.15) is 0 Å². The molecule has 5 heterocycles. The third kappa shape index (κ3) is 4.45. The lowest BCUT2D eigenvalue weighted by atomic mass is 9.69. The Labute approximate surface area is 215 Å². The summed E-state index contributed by atoms with van der Waals surface area (Å²) in [4.78, 5) is 40.5. The van der Waals surface area contributed by atoms with Crippen molar-refractivity contribution < 1.29 is 14.0 Å². The first kappa shape index (κ1) is 23.6. The molecule has 2 amide bonds. The number of fused-ring (bicyclic) bond motifs is 8. The lowest BCUT2D eigenvalue weighted by Crippen LogP contribution is -2.60. The van der Waals surface area contributed by atoms with Crippen LogP contribution in [-0.2, 0) is 29.0 Å². The molecule has 1 saturated heterocycles. The summed E-state index contributed by atoms with van der Waals surface area (Å²) in [7, 11) is 0. The second-order valence-electron chi connectivity index (χ2n) is 10.6. The SMILES string of the molecule is CC(=O)Nc1ccc2c(c1)CC(C(=O)NCCCc1ccco1)[C@H]1[C@@H]3C[C@H](CN21)Cn1c3cccc1=O. The number of piperidine rings is 1. The largest absolute Gasteiger partial charge is 0.469 e. The lowest BCUT2D eigenvalue weighted by Gasteiger charge is -2.54. The zero-order valence-corrected chi connectivity index (χ0v) is 21.0. The van der Waals surface area contributed by atoms with Gasteiger partial charge in [-0.05, 0) is 67.1 Å². The van der Waals surface area contributed by atoms with Gasteiger partial charge in [0.15, 0.2) is 0 Å². The predicted molar refractivity (Wildman–Crippen MR) is 141 cm³/mol. The average Bonchev–Trinajstić information content (AvgIpc) is 3.40. The zero-order valence-electron chi connectivity index (χ0n) is 21.0. The number of amides is 2. The molecule has 0 spiro atoms. The van der Waals surface area contributed by atoms with Crippen LogP contribution in [0.2, 0.25) is 0 Å². The van der Waals surface area contributed by atoms with Crippen LogP contribution in [0.25, 0.3) is 0 Å². The van der Waals surface area contributed by atoms with E-state index in [1.54, 1.807) is 12.3 Å². The number of nitrogens with one attached hydrogen (secondary N) is 2. The van der Waals surface area contributed by atoms with Crippen LogP contribution in [0.15, 0.2) is 64.0 Å². The second-order valence-corrected chi connectivity index (χ2v) is 10.6. The number of hydrogen-bond donors (Lipinski definition) is 2. The molecule has 2 bridgehead atoms. The molecular formula is C29H32N4O4. The summed E-state index contributed by atoms with van der Waals surface area (Å²) in [5.41, 5.74) is 4.02. The summed E-state index contributed by atoms with van der Waals surface area (Å²) in [6.07, 6.45) is 4.81. The quantitative estimate of drug-likeness (QED) is 0.507. The third-order valence-corrected chi connectivity index (χ3v) is 8.10. The Balaban J connectivity index is 1.32. The van der Waals surface area contributed by atoms with Gasteiger partial charge < -0.3 is 24.5 Å². The van der Waals surface area contributed by atoms with Crippen molar-refractivity contribution in [1.82, 2.24) is 9.88 Å². The molecule has 192 valence electrons. The van der Waals surface area contributed by atoms with E-state index < -0.39 is 0 Å². The smallest absolute Gasteiger partial charge is 0.250 e. The molecule has 2 N–H and O–H groups in total. The Morgan fingerprint density at radius 3 is 2.81 bits per heavy atom. The highest BCUT2D eigenvalue weighted by Crippen LogP contribution is 2.48. The van der Waals surface area contributed by atoms with Crippen LogP contribution in [0.5, 0.6) is 0 Å². The maximum Gasteiger partial charge on any atom is 0.250 e. The summed E-state index contributed by atoms with van der Waals surface area (Å²) < 4.78 is 7.34. The minimum atomic E-state index is -0.267. The number of nitrogens with zero attached hydrogens (tertiary/aromatic N) is 2. The Bertz CT molecular complexity index is 1380. The van der Waals surface area contributed by atoms with Crippen molar-refractivity contribution in [3.63, 3.8) is 0 Å².